The SMILES string of the molecule is CC1CCc2cocc2C1C(C)C(=O)O. The molecule has 0 saturated carbocycles. The molecule has 1 aromatic heterocycles. The second-order valence-corrected chi connectivity index (χ2v) is 4.52. The number of rotatable bonds is 2. The molecule has 0 aliphatic heterocycles. The summed E-state index contributed by atoms with van der Waals surface area (Å²) in [6.07, 6.45) is 5.53. The zero-order valence-electron chi connectivity index (χ0n) is 9.06. The predicted molar refractivity (Wildman–Crippen MR) is 55.7 cm³/mol. The molecule has 3 heteroatoms. The summed E-state index contributed by atoms with van der Waals surface area (Å²) in [5, 5.41) is 9.08. The molecule has 0 bridgehead atoms. The van der Waals surface area contributed by atoms with E-state index in [-0.39, 0.29) is 11.8 Å². The zero-order chi connectivity index (χ0) is 11.0. The molecule has 3 nitrogen and oxygen atoms in total. The van der Waals surface area contributed by atoms with Crippen molar-refractivity contribution in [3.8, 4) is 0 Å². The summed E-state index contributed by atoms with van der Waals surface area (Å²) in [7, 11) is 0. The second kappa shape index (κ2) is 3.72. The lowest BCUT2D eigenvalue weighted by atomic mass is 9.72. The summed E-state index contributed by atoms with van der Waals surface area (Å²) in [5.74, 6) is -0.538. The van der Waals surface area contributed by atoms with Crippen molar-refractivity contribution in [2.24, 2.45) is 11.8 Å². The third-order valence-corrected chi connectivity index (χ3v) is 3.55. The van der Waals surface area contributed by atoms with Crippen molar-refractivity contribution in [3.05, 3.63) is 23.7 Å². The summed E-state index contributed by atoms with van der Waals surface area (Å²) in [4.78, 5) is 11.0. The van der Waals surface area contributed by atoms with Gasteiger partial charge in [0.2, 0.25) is 0 Å². The van der Waals surface area contributed by atoms with Gasteiger partial charge >= 0.3 is 5.97 Å². The van der Waals surface area contributed by atoms with Gasteiger partial charge in [0, 0.05) is 5.92 Å². The van der Waals surface area contributed by atoms with Gasteiger partial charge < -0.3 is 9.52 Å². The third-order valence-electron chi connectivity index (χ3n) is 3.55. The molecule has 1 aliphatic carbocycles. The lowest BCUT2D eigenvalue weighted by molar-refractivity contribution is -0.142. The first kappa shape index (κ1) is 10.3. The van der Waals surface area contributed by atoms with E-state index in [1.54, 1.807) is 19.5 Å². The van der Waals surface area contributed by atoms with Crippen molar-refractivity contribution in [2.45, 2.75) is 32.6 Å². The maximum atomic E-state index is 11.0. The molecule has 15 heavy (non-hydrogen) atoms. The van der Waals surface area contributed by atoms with Crippen LogP contribution in [0.1, 0.15) is 37.3 Å². The van der Waals surface area contributed by atoms with Crippen LogP contribution in [0.2, 0.25) is 0 Å². The van der Waals surface area contributed by atoms with E-state index >= 15 is 0 Å². The Morgan fingerprint density at radius 3 is 3.00 bits per heavy atom. The minimum atomic E-state index is -0.721. The number of hydrogen-bond acceptors (Lipinski definition) is 2. The van der Waals surface area contributed by atoms with Gasteiger partial charge in [-0.05, 0) is 29.9 Å². The van der Waals surface area contributed by atoms with Crippen molar-refractivity contribution in [1.82, 2.24) is 0 Å². The van der Waals surface area contributed by atoms with Crippen molar-refractivity contribution in [1.29, 1.82) is 0 Å². The van der Waals surface area contributed by atoms with E-state index in [1.807, 2.05) is 0 Å². The molecule has 1 N–H and O–H groups in total. The molecule has 3 unspecified atom stereocenters. The third kappa shape index (κ3) is 1.66. The monoisotopic (exact) mass is 208 g/mol. The van der Waals surface area contributed by atoms with E-state index in [9.17, 15) is 4.79 Å². The fourth-order valence-electron chi connectivity index (χ4n) is 2.61. The Morgan fingerprint density at radius 1 is 1.60 bits per heavy atom. The molecule has 0 spiro atoms. The van der Waals surface area contributed by atoms with Crippen LogP contribution < -0.4 is 0 Å². The maximum absolute atomic E-state index is 11.0. The fourth-order valence-corrected chi connectivity index (χ4v) is 2.61. The summed E-state index contributed by atoms with van der Waals surface area (Å²) < 4.78 is 5.18. The lowest BCUT2D eigenvalue weighted by Crippen LogP contribution is -2.27. The van der Waals surface area contributed by atoms with E-state index in [0.29, 0.717) is 5.92 Å². The van der Waals surface area contributed by atoms with Crippen LogP contribution in [0, 0.1) is 11.8 Å². The van der Waals surface area contributed by atoms with Gasteiger partial charge in [0.05, 0.1) is 18.4 Å². The first-order valence-electron chi connectivity index (χ1n) is 5.39. The number of aryl methyl sites for hydroxylation is 1. The van der Waals surface area contributed by atoms with Crippen LogP contribution in [-0.2, 0) is 11.2 Å². The van der Waals surface area contributed by atoms with Crippen LogP contribution in [0.5, 0.6) is 0 Å². The number of aliphatic carboxylic acids is 1. The van der Waals surface area contributed by atoms with Gasteiger partial charge in [-0.1, -0.05) is 13.8 Å². The quantitative estimate of drug-likeness (QED) is 0.812. The minimum absolute atomic E-state index is 0.102. The van der Waals surface area contributed by atoms with Crippen LogP contribution in [0.15, 0.2) is 16.9 Å². The molecule has 82 valence electrons. The molecule has 0 aromatic carbocycles. The van der Waals surface area contributed by atoms with Crippen LogP contribution >= 0.6 is 0 Å². The number of carboxylic acids is 1. The fraction of sp³-hybridized carbons (Fsp3) is 0.583. The molecular weight excluding hydrogens is 192 g/mol. The molecule has 1 heterocycles. The van der Waals surface area contributed by atoms with E-state index in [0.717, 1.165) is 18.4 Å². The molecule has 0 radical (unpaired) electrons. The number of hydrogen-bond donors (Lipinski definition) is 1. The summed E-state index contributed by atoms with van der Waals surface area (Å²) in [5.41, 5.74) is 2.29. The van der Waals surface area contributed by atoms with Crippen molar-refractivity contribution < 1.29 is 14.3 Å². The molecule has 2 rings (SSSR count). The standard InChI is InChI=1S/C12H16O3/c1-7-3-4-9-5-15-6-10(9)11(7)8(2)12(13)14/h5-8,11H,3-4H2,1-2H3,(H,13,14). The highest BCUT2D eigenvalue weighted by molar-refractivity contribution is 5.71. The van der Waals surface area contributed by atoms with Crippen molar-refractivity contribution in [3.63, 3.8) is 0 Å². The zero-order valence-corrected chi connectivity index (χ0v) is 9.06. The molecule has 0 amide bonds. The van der Waals surface area contributed by atoms with Crippen LogP contribution in [-0.4, -0.2) is 11.1 Å². The highest BCUT2D eigenvalue weighted by atomic mass is 16.4. The number of carbonyl (C=O) groups is 1. The van der Waals surface area contributed by atoms with Crippen LogP contribution in [0.4, 0.5) is 0 Å². The lowest BCUT2D eigenvalue weighted by Gasteiger charge is -2.31. The van der Waals surface area contributed by atoms with Crippen LogP contribution in [0.25, 0.3) is 0 Å². The van der Waals surface area contributed by atoms with Gasteiger partial charge in [0.25, 0.3) is 0 Å². The first-order valence-corrected chi connectivity index (χ1v) is 5.39. The van der Waals surface area contributed by atoms with Gasteiger partial charge in [-0.3, -0.25) is 4.79 Å². The first-order chi connectivity index (χ1) is 7.11. The second-order valence-electron chi connectivity index (χ2n) is 4.52. The van der Waals surface area contributed by atoms with Gasteiger partial charge in [0.15, 0.2) is 0 Å². The Kier molecular flexibility index (Phi) is 2.55. The summed E-state index contributed by atoms with van der Waals surface area (Å²) in [6, 6.07) is 0. The Hall–Kier alpha value is -1.25. The number of furan rings is 1. The topological polar surface area (TPSA) is 50.4 Å². The maximum Gasteiger partial charge on any atom is 0.306 e. The number of carboxylic acid groups (broad SMARTS) is 1. The summed E-state index contributed by atoms with van der Waals surface area (Å²) in [6.45, 7) is 3.91. The van der Waals surface area contributed by atoms with Crippen molar-refractivity contribution in [2.75, 3.05) is 0 Å². The molecule has 0 saturated heterocycles. The van der Waals surface area contributed by atoms with Gasteiger partial charge in [-0.2, -0.15) is 0 Å². The smallest absolute Gasteiger partial charge is 0.306 e. The Morgan fingerprint density at radius 2 is 2.33 bits per heavy atom. The van der Waals surface area contributed by atoms with E-state index in [4.69, 9.17) is 9.52 Å². The predicted octanol–water partition coefficient (Wildman–Crippen LogP) is 2.67. The van der Waals surface area contributed by atoms with Crippen LogP contribution in [0.3, 0.4) is 0 Å². The Balaban J connectivity index is 2.35. The van der Waals surface area contributed by atoms with E-state index < -0.39 is 5.97 Å². The van der Waals surface area contributed by atoms with Gasteiger partial charge in [-0.25, -0.2) is 0 Å². The molecule has 1 aromatic rings. The minimum Gasteiger partial charge on any atom is -0.481 e. The average Bonchev–Trinajstić information content (AvgIpc) is 2.64. The van der Waals surface area contributed by atoms with E-state index in [1.165, 1.54) is 5.56 Å². The van der Waals surface area contributed by atoms with Crippen molar-refractivity contribution >= 4 is 5.97 Å². The molecule has 0 fully saturated rings. The Bertz CT molecular complexity index is 367. The van der Waals surface area contributed by atoms with Gasteiger partial charge in [-0.15, -0.1) is 0 Å². The molecule has 3 atom stereocenters. The Labute approximate surface area is 89.1 Å². The average molecular weight is 208 g/mol. The normalized spacial score (nSPS) is 27.1. The highest BCUT2D eigenvalue weighted by Crippen LogP contribution is 2.41. The largest absolute Gasteiger partial charge is 0.481 e. The van der Waals surface area contributed by atoms with E-state index in [2.05, 4.69) is 6.92 Å². The molecular formula is C12H16O3. The number of fused-ring (bicyclic) bond motifs is 1. The van der Waals surface area contributed by atoms with Gasteiger partial charge in [0.1, 0.15) is 0 Å². The summed E-state index contributed by atoms with van der Waals surface area (Å²) >= 11 is 0. The highest BCUT2D eigenvalue weighted by Gasteiger charge is 2.35. The molecule has 1 aliphatic rings.